The minimum Gasteiger partial charge on any atom is -0.355 e. The Morgan fingerprint density at radius 1 is 1.03 bits per heavy atom. The zero-order valence-corrected chi connectivity index (χ0v) is 16.9. The molecule has 0 unspecified atom stereocenters. The number of hydrogen-bond donors (Lipinski definition) is 2. The summed E-state index contributed by atoms with van der Waals surface area (Å²) in [5.74, 6) is -1.08. The van der Waals surface area contributed by atoms with Gasteiger partial charge in [-0.1, -0.05) is 18.2 Å². The highest BCUT2D eigenvalue weighted by Gasteiger charge is 2.42. The van der Waals surface area contributed by atoms with Gasteiger partial charge in [0.05, 0.1) is 11.1 Å². The van der Waals surface area contributed by atoms with Crippen molar-refractivity contribution >= 4 is 41.1 Å². The van der Waals surface area contributed by atoms with Crippen LogP contribution in [0.4, 0.5) is 5.69 Å². The van der Waals surface area contributed by atoms with E-state index in [2.05, 4.69) is 10.6 Å². The summed E-state index contributed by atoms with van der Waals surface area (Å²) < 4.78 is 0. The third kappa shape index (κ3) is 4.17. The first-order chi connectivity index (χ1) is 14.0. The van der Waals surface area contributed by atoms with Crippen LogP contribution in [0.15, 0.2) is 48.5 Å². The molecule has 4 amide bonds. The fourth-order valence-electron chi connectivity index (χ4n) is 3.21. The maximum atomic E-state index is 13.0. The number of amides is 4. The highest BCUT2D eigenvalue weighted by molar-refractivity contribution is 7.98. The van der Waals surface area contributed by atoms with Crippen LogP contribution in [0, 0.1) is 0 Å². The van der Waals surface area contributed by atoms with Crippen LogP contribution in [0.3, 0.4) is 0 Å². The van der Waals surface area contributed by atoms with Gasteiger partial charge in [-0.2, -0.15) is 11.8 Å². The Kier molecular flexibility index (Phi) is 6.33. The molecule has 29 heavy (non-hydrogen) atoms. The molecule has 0 spiro atoms. The number of rotatable bonds is 7. The van der Waals surface area contributed by atoms with Gasteiger partial charge in [-0.15, -0.1) is 0 Å². The van der Waals surface area contributed by atoms with Crippen molar-refractivity contribution < 1.29 is 19.2 Å². The monoisotopic (exact) mass is 411 g/mol. The number of benzene rings is 2. The van der Waals surface area contributed by atoms with Crippen LogP contribution in [0.2, 0.25) is 0 Å². The average molecular weight is 411 g/mol. The minimum atomic E-state index is -0.946. The predicted octanol–water partition coefficient (Wildman–Crippen LogP) is 2.40. The lowest BCUT2D eigenvalue weighted by Gasteiger charge is -2.25. The van der Waals surface area contributed by atoms with E-state index in [1.165, 1.54) is 18.8 Å². The third-order valence-electron chi connectivity index (χ3n) is 4.65. The molecule has 0 saturated carbocycles. The molecule has 150 valence electrons. The highest BCUT2D eigenvalue weighted by Crippen LogP contribution is 2.27. The lowest BCUT2D eigenvalue weighted by molar-refractivity contribution is -0.120. The molecule has 1 aliphatic heterocycles. The maximum absolute atomic E-state index is 13.0. The zero-order valence-electron chi connectivity index (χ0n) is 16.1. The Balaban J connectivity index is 1.86. The van der Waals surface area contributed by atoms with Gasteiger partial charge >= 0.3 is 0 Å². The molecule has 3 rings (SSSR count). The molecule has 1 heterocycles. The van der Waals surface area contributed by atoms with Gasteiger partial charge in [-0.05, 0) is 48.8 Å². The van der Waals surface area contributed by atoms with E-state index in [-0.39, 0.29) is 5.91 Å². The van der Waals surface area contributed by atoms with Gasteiger partial charge in [0.2, 0.25) is 5.91 Å². The first-order valence-electron chi connectivity index (χ1n) is 9.06. The molecule has 1 atom stereocenters. The number of hydrogen-bond acceptors (Lipinski definition) is 5. The summed E-state index contributed by atoms with van der Waals surface area (Å²) >= 11 is 1.53. The molecular weight excluding hydrogens is 390 g/mol. The van der Waals surface area contributed by atoms with Crippen LogP contribution >= 0.6 is 11.8 Å². The number of carbonyl (C=O) groups excluding carboxylic acids is 4. The SMILES string of the molecule is CNC(=O)c1cccc(NC(=O)[C@H](CCSC)N2C(=O)c3ccccc3C2=O)c1. The molecule has 2 aromatic rings. The largest absolute Gasteiger partial charge is 0.355 e. The van der Waals surface area contributed by atoms with Crippen molar-refractivity contribution in [2.75, 3.05) is 24.4 Å². The van der Waals surface area contributed by atoms with E-state index in [1.807, 2.05) is 6.26 Å². The Morgan fingerprint density at radius 2 is 1.69 bits per heavy atom. The van der Waals surface area contributed by atoms with E-state index in [0.717, 1.165) is 4.90 Å². The second kappa shape index (κ2) is 8.91. The van der Waals surface area contributed by atoms with Crippen LogP contribution in [-0.4, -0.2) is 53.6 Å². The van der Waals surface area contributed by atoms with Crippen LogP contribution in [0.5, 0.6) is 0 Å². The van der Waals surface area contributed by atoms with E-state index in [9.17, 15) is 19.2 Å². The predicted molar refractivity (Wildman–Crippen MR) is 112 cm³/mol. The van der Waals surface area contributed by atoms with Gasteiger partial charge in [0, 0.05) is 18.3 Å². The summed E-state index contributed by atoms with van der Waals surface area (Å²) in [4.78, 5) is 51.5. The Hall–Kier alpha value is -3.13. The highest BCUT2D eigenvalue weighted by atomic mass is 32.2. The smallest absolute Gasteiger partial charge is 0.262 e. The van der Waals surface area contributed by atoms with Gasteiger partial charge in [-0.25, -0.2) is 0 Å². The van der Waals surface area contributed by atoms with E-state index < -0.39 is 23.8 Å². The standard InChI is InChI=1S/C21H21N3O4S/c1-22-18(25)13-6-5-7-14(12-13)23-19(26)17(10-11-29-2)24-20(27)15-8-3-4-9-16(15)21(24)28/h3-9,12,17H,10-11H2,1-2H3,(H,22,25)(H,23,26)/t17-/m0/s1. The van der Waals surface area contributed by atoms with E-state index >= 15 is 0 Å². The van der Waals surface area contributed by atoms with Crippen molar-refractivity contribution in [3.05, 3.63) is 65.2 Å². The van der Waals surface area contributed by atoms with Crippen LogP contribution in [0.1, 0.15) is 37.5 Å². The maximum Gasteiger partial charge on any atom is 0.262 e. The number of imide groups is 1. The Labute approximate surface area is 172 Å². The summed E-state index contributed by atoms with van der Waals surface area (Å²) in [5.41, 5.74) is 1.43. The van der Waals surface area contributed by atoms with Crippen LogP contribution in [-0.2, 0) is 4.79 Å². The molecular formula is C21H21N3O4S. The minimum absolute atomic E-state index is 0.277. The molecule has 0 aromatic heterocycles. The summed E-state index contributed by atoms with van der Waals surface area (Å²) in [6.45, 7) is 0. The van der Waals surface area contributed by atoms with Gasteiger partial charge in [-0.3, -0.25) is 24.1 Å². The first kappa shape index (κ1) is 20.6. The molecule has 2 aromatic carbocycles. The summed E-state index contributed by atoms with van der Waals surface area (Å²) in [5, 5.41) is 5.27. The van der Waals surface area contributed by atoms with Gasteiger partial charge in [0.25, 0.3) is 17.7 Å². The Morgan fingerprint density at radius 3 is 2.28 bits per heavy atom. The molecule has 0 fully saturated rings. The fraction of sp³-hybridized carbons (Fsp3) is 0.238. The first-order valence-corrected chi connectivity index (χ1v) is 10.5. The van der Waals surface area contributed by atoms with E-state index in [1.54, 1.807) is 48.5 Å². The van der Waals surface area contributed by atoms with Gasteiger partial charge < -0.3 is 10.6 Å². The van der Waals surface area contributed by atoms with Crippen molar-refractivity contribution in [2.24, 2.45) is 0 Å². The number of nitrogens with zero attached hydrogens (tertiary/aromatic N) is 1. The second-order valence-electron chi connectivity index (χ2n) is 6.47. The van der Waals surface area contributed by atoms with Gasteiger partial charge in [0.1, 0.15) is 6.04 Å². The van der Waals surface area contributed by atoms with E-state index in [4.69, 9.17) is 0 Å². The van der Waals surface area contributed by atoms with E-state index in [0.29, 0.717) is 34.6 Å². The normalized spacial score (nSPS) is 13.8. The van der Waals surface area contributed by atoms with Crippen molar-refractivity contribution in [2.45, 2.75) is 12.5 Å². The molecule has 0 saturated heterocycles. The van der Waals surface area contributed by atoms with Gasteiger partial charge in [0.15, 0.2) is 0 Å². The summed E-state index contributed by atoms with van der Waals surface area (Å²) in [6, 6.07) is 12.1. The van der Waals surface area contributed by atoms with Crippen LogP contribution in [0.25, 0.3) is 0 Å². The molecule has 1 aliphatic rings. The quantitative estimate of drug-likeness (QED) is 0.682. The van der Waals surface area contributed by atoms with Crippen molar-refractivity contribution in [3.8, 4) is 0 Å². The Bertz CT molecular complexity index is 941. The lowest BCUT2D eigenvalue weighted by Crippen LogP contribution is -2.47. The van der Waals surface area contributed by atoms with Crippen molar-refractivity contribution in [1.82, 2.24) is 10.2 Å². The zero-order chi connectivity index (χ0) is 21.0. The molecule has 2 N–H and O–H groups in total. The molecule has 0 radical (unpaired) electrons. The fourth-order valence-corrected chi connectivity index (χ4v) is 3.66. The third-order valence-corrected chi connectivity index (χ3v) is 5.30. The molecule has 7 nitrogen and oxygen atoms in total. The van der Waals surface area contributed by atoms with Crippen LogP contribution < -0.4 is 10.6 Å². The molecule has 0 bridgehead atoms. The summed E-state index contributed by atoms with van der Waals surface area (Å²) in [6.07, 6.45) is 2.22. The summed E-state index contributed by atoms with van der Waals surface area (Å²) in [7, 11) is 1.52. The van der Waals surface area contributed by atoms with Crippen molar-refractivity contribution in [1.29, 1.82) is 0 Å². The number of fused-ring (bicyclic) bond motifs is 1. The lowest BCUT2D eigenvalue weighted by atomic mass is 10.1. The average Bonchev–Trinajstić information content (AvgIpc) is 2.99. The number of anilines is 1. The number of thioether (sulfide) groups is 1. The molecule has 0 aliphatic carbocycles. The topological polar surface area (TPSA) is 95.6 Å². The molecule has 8 heteroatoms. The number of nitrogens with one attached hydrogen (secondary N) is 2. The van der Waals surface area contributed by atoms with Crippen molar-refractivity contribution in [3.63, 3.8) is 0 Å². The number of carbonyl (C=O) groups is 4. The second-order valence-corrected chi connectivity index (χ2v) is 7.46.